The van der Waals surface area contributed by atoms with Gasteiger partial charge < -0.3 is 15.2 Å². The van der Waals surface area contributed by atoms with Crippen molar-refractivity contribution < 1.29 is 14.6 Å². The van der Waals surface area contributed by atoms with Gasteiger partial charge in [-0.05, 0) is 41.0 Å². The third kappa shape index (κ3) is 4.15. The van der Waals surface area contributed by atoms with Gasteiger partial charge in [-0.15, -0.1) is 0 Å². The van der Waals surface area contributed by atoms with Gasteiger partial charge >= 0.3 is 0 Å². The van der Waals surface area contributed by atoms with E-state index in [1.165, 1.54) is 19.4 Å². The Morgan fingerprint density at radius 2 is 1.57 bits per heavy atom. The fourth-order valence-electron chi connectivity index (χ4n) is 3.16. The largest absolute Gasteiger partial charge is 0.507 e. The molecule has 5 nitrogen and oxygen atoms in total. The first-order valence-corrected chi connectivity index (χ1v) is 9.44. The number of hydrogen-bond acceptors (Lipinski definition) is 4. The predicted molar refractivity (Wildman–Crippen MR) is 118 cm³/mol. The molecule has 0 aliphatic rings. The fourth-order valence-corrected chi connectivity index (χ4v) is 3.16. The summed E-state index contributed by atoms with van der Waals surface area (Å²) < 4.78 is 5.02. The summed E-state index contributed by atoms with van der Waals surface area (Å²) in [6, 6.07) is 26.1. The van der Waals surface area contributed by atoms with Crippen molar-refractivity contribution in [3.8, 4) is 33.9 Å². The number of rotatable bonds is 5. The zero-order valence-corrected chi connectivity index (χ0v) is 16.4. The lowest BCUT2D eigenvalue weighted by Crippen LogP contribution is -2.12. The Morgan fingerprint density at radius 3 is 2.23 bits per heavy atom. The maximum atomic E-state index is 12.7. The fraction of sp³-hybridized carbons (Fsp3) is 0.0400. The number of carbonyl (C=O) groups excluding carboxylic acids is 1. The molecule has 148 valence electrons. The SMILES string of the molecule is COc1ccc(NC(=O)c2ccc(O)c(-c3ccc(-c4ccccc4)cc3)c2)cn1. The Labute approximate surface area is 174 Å². The van der Waals surface area contributed by atoms with Crippen LogP contribution in [0.25, 0.3) is 22.3 Å². The number of phenolic OH excluding ortho intramolecular Hbond substituents is 1. The van der Waals surface area contributed by atoms with Gasteiger partial charge in [-0.3, -0.25) is 4.79 Å². The highest BCUT2D eigenvalue weighted by atomic mass is 16.5. The Balaban J connectivity index is 1.57. The number of methoxy groups -OCH3 is 1. The van der Waals surface area contributed by atoms with Crippen molar-refractivity contribution in [2.75, 3.05) is 12.4 Å². The number of nitrogens with one attached hydrogen (secondary N) is 1. The third-order valence-corrected chi connectivity index (χ3v) is 4.77. The van der Waals surface area contributed by atoms with Crippen LogP contribution in [0.1, 0.15) is 10.4 Å². The molecule has 1 amide bonds. The summed E-state index contributed by atoms with van der Waals surface area (Å²) in [6.45, 7) is 0. The molecule has 0 fully saturated rings. The summed E-state index contributed by atoms with van der Waals surface area (Å²) in [5, 5.41) is 13.1. The van der Waals surface area contributed by atoms with Gasteiger partial charge in [-0.2, -0.15) is 0 Å². The lowest BCUT2D eigenvalue weighted by molar-refractivity contribution is 0.102. The predicted octanol–water partition coefficient (Wildman–Crippen LogP) is 5.38. The molecule has 1 heterocycles. The summed E-state index contributed by atoms with van der Waals surface area (Å²) in [5.74, 6) is 0.299. The maximum Gasteiger partial charge on any atom is 0.255 e. The van der Waals surface area contributed by atoms with Crippen LogP contribution in [0, 0.1) is 0 Å². The van der Waals surface area contributed by atoms with Gasteiger partial charge in [0.1, 0.15) is 5.75 Å². The average molecular weight is 396 g/mol. The Morgan fingerprint density at radius 1 is 0.867 bits per heavy atom. The van der Waals surface area contributed by atoms with E-state index in [0.717, 1.165) is 16.7 Å². The summed E-state index contributed by atoms with van der Waals surface area (Å²) in [4.78, 5) is 16.7. The molecule has 1 aromatic heterocycles. The second-order valence-corrected chi connectivity index (χ2v) is 6.72. The quantitative estimate of drug-likeness (QED) is 0.475. The molecule has 0 aliphatic carbocycles. The zero-order chi connectivity index (χ0) is 20.9. The number of amides is 1. The summed E-state index contributed by atoms with van der Waals surface area (Å²) in [5.41, 5.74) is 4.62. The summed E-state index contributed by atoms with van der Waals surface area (Å²) in [6.07, 6.45) is 1.53. The number of hydrogen-bond donors (Lipinski definition) is 2. The van der Waals surface area contributed by atoms with E-state index in [0.29, 0.717) is 22.7 Å². The smallest absolute Gasteiger partial charge is 0.255 e. The van der Waals surface area contributed by atoms with Crippen LogP contribution in [-0.4, -0.2) is 23.1 Å². The maximum absolute atomic E-state index is 12.7. The van der Waals surface area contributed by atoms with Crippen molar-refractivity contribution >= 4 is 11.6 Å². The first-order valence-electron chi connectivity index (χ1n) is 9.44. The van der Waals surface area contributed by atoms with E-state index in [4.69, 9.17) is 4.74 Å². The number of benzene rings is 3. The summed E-state index contributed by atoms with van der Waals surface area (Å²) in [7, 11) is 1.53. The molecular formula is C25H20N2O3. The molecule has 0 unspecified atom stereocenters. The molecule has 3 aromatic carbocycles. The number of aromatic nitrogens is 1. The molecule has 5 heteroatoms. The van der Waals surface area contributed by atoms with Crippen molar-refractivity contribution in [2.24, 2.45) is 0 Å². The van der Waals surface area contributed by atoms with Gasteiger partial charge in [0.15, 0.2) is 0 Å². The number of nitrogens with zero attached hydrogens (tertiary/aromatic N) is 1. The van der Waals surface area contributed by atoms with E-state index in [1.54, 1.807) is 24.3 Å². The van der Waals surface area contributed by atoms with Gasteiger partial charge in [-0.25, -0.2) is 4.98 Å². The third-order valence-electron chi connectivity index (χ3n) is 4.77. The number of pyridine rings is 1. The second kappa shape index (κ2) is 8.49. The lowest BCUT2D eigenvalue weighted by atomic mass is 9.98. The number of aromatic hydroxyl groups is 1. The summed E-state index contributed by atoms with van der Waals surface area (Å²) >= 11 is 0. The molecule has 4 rings (SSSR count). The minimum absolute atomic E-state index is 0.116. The van der Waals surface area contributed by atoms with E-state index >= 15 is 0 Å². The van der Waals surface area contributed by atoms with Crippen LogP contribution in [0.4, 0.5) is 5.69 Å². The van der Waals surface area contributed by atoms with E-state index in [-0.39, 0.29) is 11.7 Å². The average Bonchev–Trinajstić information content (AvgIpc) is 2.80. The van der Waals surface area contributed by atoms with Crippen LogP contribution in [0.5, 0.6) is 11.6 Å². The molecule has 0 saturated carbocycles. The van der Waals surface area contributed by atoms with Gasteiger partial charge in [0.2, 0.25) is 5.88 Å². The van der Waals surface area contributed by atoms with E-state index in [2.05, 4.69) is 10.3 Å². The van der Waals surface area contributed by atoms with E-state index < -0.39 is 0 Å². The number of carbonyl (C=O) groups is 1. The molecule has 0 bridgehead atoms. The van der Waals surface area contributed by atoms with Gasteiger partial charge in [0, 0.05) is 17.2 Å². The van der Waals surface area contributed by atoms with Crippen molar-refractivity contribution in [3.63, 3.8) is 0 Å². The molecular weight excluding hydrogens is 376 g/mol. The molecule has 0 spiro atoms. The molecule has 0 aliphatic heterocycles. The molecule has 0 atom stereocenters. The van der Waals surface area contributed by atoms with Crippen LogP contribution in [0.2, 0.25) is 0 Å². The molecule has 2 N–H and O–H groups in total. The van der Waals surface area contributed by atoms with Crippen molar-refractivity contribution in [1.82, 2.24) is 4.98 Å². The Hall–Kier alpha value is -4.12. The Bertz CT molecular complexity index is 1160. The number of phenols is 1. The van der Waals surface area contributed by atoms with E-state index in [1.807, 2.05) is 54.6 Å². The minimum atomic E-state index is -0.288. The topological polar surface area (TPSA) is 71.5 Å². The van der Waals surface area contributed by atoms with Crippen LogP contribution < -0.4 is 10.1 Å². The molecule has 0 saturated heterocycles. The molecule has 0 radical (unpaired) electrons. The minimum Gasteiger partial charge on any atom is -0.507 e. The molecule has 30 heavy (non-hydrogen) atoms. The molecule has 4 aromatic rings. The number of anilines is 1. The Kier molecular flexibility index (Phi) is 5.44. The zero-order valence-electron chi connectivity index (χ0n) is 16.4. The van der Waals surface area contributed by atoms with Crippen LogP contribution in [0.3, 0.4) is 0 Å². The first-order chi connectivity index (χ1) is 14.6. The van der Waals surface area contributed by atoms with Crippen LogP contribution >= 0.6 is 0 Å². The standard InChI is InChI=1S/C25H20N2O3/c1-30-24-14-12-21(16-26-24)27-25(29)20-11-13-23(28)22(15-20)19-9-7-18(8-10-19)17-5-3-2-4-6-17/h2-16,28H,1H3,(H,27,29). The van der Waals surface area contributed by atoms with Crippen molar-refractivity contribution in [1.29, 1.82) is 0 Å². The van der Waals surface area contributed by atoms with E-state index in [9.17, 15) is 9.90 Å². The number of ether oxygens (including phenoxy) is 1. The van der Waals surface area contributed by atoms with Gasteiger partial charge in [0.25, 0.3) is 5.91 Å². The van der Waals surface area contributed by atoms with Gasteiger partial charge in [-0.1, -0.05) is 54.6 Å². The monoisotopic (exact) mass is 396 g/mol. The van der Waals surface area contributed by atoms with Crippen molar-refractivity contribution in [2.45, 2.75) is 0 Å². The normalized spacial score (nSPS) is 10.4. The van der Waals surface area contributed by atoms with Crippen molar-refractivity contribution in [3.05, 3.63) is 96.7 Å². The van der Waals surface area contributed by atoms with Gasteiger partial charge in [0.05, 0.1) is 19.0 Å². The first kappa shape index (κ1) is 19.2. The van der Waals surface area contributed by atoms with Crippen LogP contribution in [-0.2, 0) is 0 Å². The highest BCUT2D eigenvalue weighted by Gasteiger charge is 2.12. The second-order valence-electron chi connectivity index (χ2n) is 6.72. The lowest BCUT2D eigenvalue weighted by Gasteiger charge is -2.10. The highest BCUT2D eigenvalue weighted by molar-refractivity contribution is 6.05. The van der Waals surface area contributed by atoms with Crippen LogP contribution in [0.15, 0.2) is 91.1 Å². The highest BCUT2D eigenvalue weighted by Crippen LogP contribution is 2.32.